The first kappa shape index (κ1) is 15.8. The molecule has 6 heteroatoms. The number of anilines is 1. The molecule has 1 atom stereocenters. The summed E-state index contributed by atoms with van der Waals surface area (Å²) in [5.74, 6) is 0. The van der Waals surface area contributed by atoms with Crippen molar-refractivity contribution in [2.24, 2.45) is 0 Å². The number of amides is 2. The molecule has 1 aliphatic rings. The second-order valence-corrected chi connectivity index (χ2v) is 5.99. The maximum Gasteiger partial charge on any atom is 0.322 e. The van der Waals surface area contributed by atoms with Gasteiger partial charge in [-0.3, -0.25) is 4.98 Å². The molecule has 0 bridgehead atoms. The third-order valence-electron chi connectivity index (χ3n) is 3.90. The fourth-order valence-electron chi connectivity index (χ4n) is 2.73. The number of piperazine rings is 1. The first-order valence-corrected chi connectivity index (χ1v) is 8.03. The summed E-state index contributed by atoms with van der Waals surface area (Å²) < 4.78 is 0. The lowest BCUT2D eigenvalue weighted by atomic mass is 10.0. The van der Waals surface area contributed by atoms with Crippen molar-refractivity contribution < 1.29 is 4.79 Å². The molecule has 23 heavy (non-hydrogen) atoms. The van der Waals surface area contributed by atoms with Gasteiger partial charge in [-0.1, -0.05) is 17.7 Å². The van der Waals surface area contributed by atoms with E-state index in [-0.39, 0.29) is 12.1 Å². The van der Waals surface area contributed by atoms with E-state index in [2.05, 4.69) is 15.6 Å². The van der Waals surface area contributed by atoms with Gasteiger partial charge >= 0.3 is 6.03 Å². The smallest absolute Gasteiger partial charge is 0.319 e. The molecule has 0 spiro atoms. The first-order valence-electron chi connectivity index (χ1n) is 7.65. The van der Waals surface area contributed by atoms with Crippen LogP contribution in [0.25, 0.3) is 0 Å². The molecule has 5 nitrogen and oxygen atoms in total. The number of benzene rings is 1. The minimum atomic E-state index is -0.0808. The van der Waals surface area contributed by atoms with Crippen LogP contribution in [0.5, 0.6) is 0 Å². The Balaban J connectivity index is 1.67. The zero-order valence-corrected chi connectivity index (χ0v) is 13.5. The predicted octanol–water partition coefficient (Wildman–Crippen LogP) is 2.78. The average molecular weight is 331 g/mol. The maximum absolute atomic E-state index is 12.6. The van der Waals surface area contributed by atoms with Crippen LogP contribution in [0.3, 0.4) is 0 Å². The van der Waals surface area contributed by atoms with Gasteiger partial charge in [0.2, 0.25) is 0 Å². The topological polar surface area (TPSA) is 57.3 Å². The molecule has 120 valence electrons. The highest BCUT2D eigenvalue weighted by molar-refractivity contribution is 6.30. The van der Waals surface area contributed by atoms with Gasteiger partial charge < -0.3 is 15.5 Å². The van der Waals surface area contributed by atoms with Crippen LogP contribution >= 0.6 is 11.6 Å². The van der Waals surface area contributed by atoms with Crippen LogP contribution in [0.4, 0.5) is 10.5 Å². The Labute approximate surface area is 140 Å². The van der Waals surface area contributed by atoms with Gasteiger partial charge in [0, 0.05) is 42.7 Å². The molecule has 0 aliphatic carbocycles. The van der Waals surface area contributed by atoms with Crippen molar-refractivity contribution >= 4 is 23.3 Å². The fourth-order valence-corrected chi connectivity index (χ4v) is 2.86. The highest BCUT2D eigenvalue weighted by Gasteiger charge is 2.26. The van der Waals surface area contributed by atoms with Crippen molar-refractivity contribution in [2.75, 3.05) is 25.0 Å². The quantitative estimate of drug-likeness (QED) is 0.910. The van der Waals surface area contributed by atoms with E-state index in [1.807, 2.05) is 23.2 Å². The van der Waals surface area contributed by atoms with E-state index in [1.54, 1.807) is 30.5 Å². The van der Waals surface area contributed by atoms with E-state index in [4.69, 9.17) is 11.6 Å². The lowest BCUT2D eigenvalue weighted by Gasteiger charge is -2.36. The summed E-state index contributed by atoms with van der Waals surface area (Å²) >= 11 is 5.87. The minimum absolute atomic E-state index is 0.0808. The Bertz CT molecular complexity index is 647. The van der Waals surface area contributed by atoms with Crippen molar-refractivity contribution in [1.82, 2.24) is 15.2 Å². The lowest BCUT2D eigenvalue weighted by molar-refractivity contribution is 0.170. The summed E-state index contributed by atoms with van der Waals surface area (Å²) in [6.07, 6.45) is 4.40. The van der Waals surface area contributed by atoms with E-state index in [9.17, 15) is 4.79 Å². The van der Waals surface area contributed by atoms with Crippen LogP contribution < -0.4 is 10.6 Å². The van der Waals surface area contributed by atoms with Gasteiger partial charge in [0.1, 0.15) is 0 Å². The van der Waals surface area contributed by atoms with Crippen LogP contribution in [0.15, 0.2) is 48.8 Å². The number of aromatic nitrogens is 1. The number of pyridine rings is 1. The summed E-state index contributed by atoms with van der Waals surface area (Å²) in [5, 5.41) is 6.94. The molecule has 1 aromatic carbocycles. The molecule has 1 fully saturated rings. The average Bonchev–Trinajstić information content (AvgIpc) is 2.58. The summed E-state index contributed by atoms with van der Waals surface area (Å²) in [6, 6.07) is 11.1. The van der Waals surface area contributed by atoms with Gasteiger partial charge in [-0.15, -0.1) is 0 Å². The maximum atomic E-state index is 12.6. The molecule has 3 rings (SSSR count). The van der Waals surface area contributed by atoms with Gasteiger partial charge in [0.25, 0.3) is 0 Å². The van der Waals surface area contributed by atoms with E-state index >= 15 is 0 Å². The molecular formula is C17H19ClN4O. The SMILES string of the molecule is O=C(Nc1ccc(Cl)cc1)N1CCNC[C@H]1Cc1cccnc1. The number of hydrogen-bond acceptors (Lipinski definition) is 3. The zero-order chi connectivity index (χ0) is 16.1. The number of carbonyl (C=O) groups is 1. The molecule has 1 saturated heterocycles. The van der Waals surface area contributed by atoms with Crippen LogP contribution in [0, 0.1) is 0 Å². The Hall–Kier alpha value is -2.11. The number of nitrogens with one attached hydrogen (secondary N) is 2. The van der Waals surface area contributed by atoms with Gasteiger partial charge in [0.15, 0.2) is 0 Å². The second-order valence-electron chi connectivity index (χ2n) is 5.55. The minimum Gasteiger partial charge on any atom is -0.319 e. The lowest BCUT2D eigenvalue weighted by Crippen LogP contribution is -2.55. The van der Waals surface area contributed by atoms with E-state index in [0.29, 0.717) is 11.6 Å². The van der Waals surface area contributed by atoms with Crippen molar-refractivity contribution in [2.45, 2.75) is 12.5 Å². The summed E-state index contributed by atoms with van der Waals surface area (Å²) in [6.45, 7) is 2.27. The summed E-state index contributed by atoms with van der Waals surface area (Å²) in [5.41, 5.74) is 1.88. The molecule has 2 N–H and O–H groups in total. The first-order chi connectivity index (χ1) is 11.2. The third-order valence-corrected chi connectivity index (χ3v) is 4.15. The van der Waals surface area contributed by atoms with Crippen molar-refractivity contribution in [3.8, 4) is 0 Å². The van der Waals surface area contributed by atoms with Crippen molar-refractivity contribution in [3.63, 3.8) is 0 Å². The second kappa shape index (κ2) is 7.44. The molecule has 1 aliphatic heterocycles. The van der Waals surface area contributed by atoms with Crippen LogP contribution in [0.2, 0.25) is 5.02 Å². The van der Waals surface area contributed by atoms with Gasteiger partial charge in [-0.2, -0.15) is 0 Å². The van der Waals surface area contributed by atoms with Crippen molar-refractivity contribution in [1.29, 1.82) is 0 Å². The predicted molar refractivity (Wildman–Crippen MR) is 91.8 cm³/mol. The van der Waals surface area contributed by atoms with Crippen LogP contribution in [0.1, 0.15) is 5.56 Å². The highest BCUT2D eigenvalue weighted by atomic mass is 35.5. The Kier molecular flexibility index (Phi) is 5.10. The molecule has 2 aromatic rings. The molecule has 2 heterocycles. The van der Waals surface area contributed by atoms with Gasteiger partial charge in [0.05, 0.1) is 6.04 Å². The molecular weight excluding hydrogens is 312 g/mol. The largest absolute Gasteiger partial charge is 0.322 e. The Morgan fingerprint density at radius 2 is 2.17 bits per heavy atom. The Morgan fingerprint density at radius 3 is 2.91 bits per heavy atom. The Morgan fingerprint density at radius 1 is 1.35 bits per heavy atom. The molecule has 0 saturated carbocycles. The summed E-state index contributed by atoms with van der Waals surface area (Å²) in [4.78, 5) is 18.6. The number of carbonyl (C=O) groups excluding carboxylic acids is 1. The third kappa shape index (κ3) is 4.21. The van der Waals surface area contributed by atoms with Crippen LogP contribution in [-0.2, 0) is 6.42 Å². The number of halogens is 1. The van der Waals surface area contributed by atoms with Gasteiger partial charge in [-0.25, -0.2) is 4.79 Å². The normalized spacial score (nSPS) is 17.8. The monoisotopic (exact) mass is 330 g/mol. The van der Waals surface area contributed by atoms with E-state index in [0.717, 1.165) is 30.8 Å². The summed E-state index contributed by atoms with van der Waals surface area (Å²) in [7, 11) is 0. The van der Waals surface area contributed by atoms with E-state index in [1.165, 1.54) is 0 Å². The highest BCUT2D eigenvalue weighted by Crippen LogP contribution is 2.16. The molecule has 1 aromatic heterocycles. The molecule has 2 amide bonds. The number of hydrogen-bond donors (Lipinski definition) is 2. The number of rotatable bonds is 3. The zero-order valence-electron chi connectivity index (χ0n) is 12.7. The number of nitrogens with zero attached hydrogens (tertiary/aromatic N) is 2. The molecule has 0 radical (unpaired) electrons. The van der Waals surface area contributed by atoms with Crippen LogP contribution in [-0.4, -0.2) is 41.6 Å². The number of urea groups is 1. The van der Waals surface area contributed by atoms with E-state index < -0.39 is 0 Å². The fraction of sp³-hybridized carbons (Fsp3) is 0.294. The van der Waals surface area contributed by atoms with Crippen molar-refractivity contribution in [3.05, 3.63) is 59.4 Å². The van der Waals surface area contributed by atoms with Gasteiger partial charge in [-0.05, 0) is 42.3 Å². The molecule has 0 unspecified atom stereocenters. The standard InChI is InChI=1S/C17H19ClN4O/c18-14-3-5-15(6-4-14)21-17(23)22-9-8-20-12-16(22)10-13-2-1-7-19-11-13/h1-7,11,16,20H,8-10,12H2,(H,21,23)/t16-/m1/s1.